The van der Waals surface area contributed by atoms with Crippen LogP contribution in [0.5, 0.6) is 0 Å². The lowest BCUT2D eigenvalue weighted by Crippen LogP contribution is -2.27. The third-order valence-corrected chi connectivity index (χ3v) is 3.74. The maximum absolute atomic E-state index is 3.62. The SMILES string of the molecule is C1=CC(NC2C=C(C3=CCCC=C3)C=CC2)=CCC1. The molecule has 1 atom stereocenters. The van der Waals surface area contributed by atoms with Gasteiger partial charge in [-0.25, -0.2) is 0 Å². The molecule has 0 spiro atoms. The number of hydrogen-bond acceptors (Lipinski definition) is 1. The van der Waals surface area contributed by atoms with E-state index in [0.717, 1.165) is 12.8 Å². The Morgan fingerprint density at radius 2 is 1.58 bits per heavy atom. The minimum absolute atomic E-state index is 0.422. The van der Waals surface area contributed by atoms with E-state index in [4.69, 9.17) is 0 Å². The molecule has 3 aliphatic rings. The highest BCUT2D eigenvalue weighted by Gasteiger charge is 2.12. The third-order valence-electron chi connectivity index (χ3n) is 3.74. The average molecular weight is 251 g/mol. The Balaban J connectivity index is 1.70. The van der Waals surface area contributed by atoms with Crippen molar-refractivity contribution in [3.8, 4) is 0 Å². The minimum atomic E-state index is 0.422. The van der Waals surface area contributed by atoms with Crippen molar-refractivity contribution in [3.63, 3.8) is 0 Å². The van der Waals surface area contributed by atoms with Gasteiger partial charge in [-0.3, -0.25) is 0 Å². The second kappa shape index (κ2) is 5.92. The summed E-state index contributed by atoms with van der Waals surface area (Å²) in [6, 6.07) is 0.422. The Bertz CT molecular complexity index is 512. The predicted octanol–water partition coefficient (Wildman–Crippen LogP) is 4.34. The highest BCUT2D eigenvalue weighted by molar-refractivity contribution is 5.49. The molecule has 0 aromatic heterocycles. The van der Waals surface area contributed by atoms with E-state index >= 15 is 0 Å². The van der Waals surface area contributed by atoms with Crippen LogP contribution in [0, 0.1) is 0 Å². The molecule has 0 fully saturated rings. The molecular weight excluding hydrogens is 230 g/mol. The van der Waals surface area contributed by atoms with Gasteiger partial charge in [-0.05, 0) is 49.3 Å². The molecule has 0 heterocycles. The molecule has 0 radical (unpaired) electrons. The summed E-state index contributed by atoms with van der Waals surface area (Å²) >= 11 is 0. The molecule has 0 saturated heterocycles. The fourth-order valence-electron chi connectivity index (χ4n) is 2.74. The largest absolute Gasteiger partial charge is 0.379 e. The number of rotatable bonds is 3. The summed E-state index contributed by atoms with van der Waals surface area (Å²) in [5.41, 5.74) is 4.01. The number of hydrogen-bond donors (Lipinski definition) is 1. The first-order valence-corrected chi connectivity index (χ1v) is 7.30. The highest BCUT2D eigenvalue weighted by atomic mass is 14.9. The summed E-state index contributed by atoms with van der Waals surface area (Å²) in [6.45, 7) is 0. The van der Waals surface area contributed by atoms with Crippen LogP contribution in [0.3, 0.4) is 0 Å². The summed E-state index contributed by atoms with van der Waals surface area (Å²) in [5, 5.41) is 3.62. The zero-order valence-electron chi connectivity index (χ0n) is 11.3. The molecule has 0 bridgehead atoms. The monoisotopic (exact) mass is 251 g/mol. The van der Waals surface area contributed by atoms with Crippen molar-refractivity contribution in [1.29, 1.82) is 0 Å². The van der Waals surface area contributed by atoms with Gasteiger partial charge in [0.05, 0.1) is 0 Å². The summed E-state index contributed by atoms with van der Waals surface area (Å²) in [5.74, 6) is 0. The van der Waals surface area contributed by atoms with Crippen molar-refractivity contribution in [2.45, 2.75) is 38.1 Å². The summed E-state index contributed by atoms with van der Waals surface area (Å²) < 4.78 is 0. The van der Waals surface area contributed by atoms with E-state index in [1.165, 1.54) is 36.1 Å². The molecule has 0 aliphatic heterocycles. The molecule has 3 aliphatic carbocycles. The van der Waals surface area contributed by atoms with Crippen molar-refractivity contribution in [3.05, 3.63) is 71.5 Å². The van der Waals surface area contributed by atoms with Gasteiger partial charge in [-0.1, -0.05) is 48.6 Å². The zero-order chi connectivity index (χ0) is 12.9. The van der Waals surface area contributed by atoms with Crippen LogP contribution in [-0.2, 0) is 0 Å². The first kappa shape index (κ1) is 12.3. The molecular formula is C18H21N. The van der Waals surface area contributed by atoms with E-state index < -0.39 is 0 Å². The molecule has 19 heavy (non-hydrogen) atoms. The Morgan fingerprint density at radius 1 is 0.789 bits per heavy atom. The maximum Gasteiger partial charge on any atom is 0.0487 e. The molecule has 0 amide bonds. The fourth-order valence-corrected chi connectivity index (χ4v) is 2.74. The van der Waals surface area contributed by atoms with E-state index in [9.17, 15) is 0 Å². The second-order valence-electron chi connectivity index (χ2n) is 5.29. The molecule has 1 unspecified atom stereocenters. The standard InChI is InChI=1S/C18H21N/c1-3-8-15(9-4-1)16-10-7-13-18(14-16)19-17-11-5-2-6-12-17/h3,5,7-12,14,18-19H,1-2,4,6,13H2. The molecule has 1 N–H and O–H groups in total. The van der Waals surface area contributed by atoms with E-state index in [-0.39, 0.29) is 0 Å². The molecule has 3 rings (SSSR count). The van der Waals surface area contributed by atoms with Crippen LogP contribution in [-0.4, -0.2) is 6.04 Å². The minimum Gasteiger partial charge on any atom is -0.379 e. The van der Waals surface area contributed by atoms with E-state index in [0.29, 0.717) is 6.04 Å². The van der Waals surface area contributed by atoms with Crippen LogP contribution in [0.1, 0.15) is 32.1 Å². The van der Waals surface area contributed by atoms with Crippen LogP contribution in [0.25, 0.3) is 0 Å². The van der Waals surface area contributed by atoms with Crippen molar-refractivity contribution >= 4 is 0 Å². The maximum atomic E-state index is 3.62. The van der Waals surface area contributed by atoms with Gasteiger partial charge in [0.15, 0.2) is 0 Å². The predicted molar refractivity (Wildman–Crippen MR) is 81.7 cm³/mol. The Hall–Kier alpha value is -1.76. The molecule has 1 nitrogen and oxygen atoms in total. The topological polar surface area (TPSA) is 12.0 Å². The summed E-state index contributed by atoms with van der Waals surface area (Å²) in [6.07, 6.45) is 26.3. The van der Waals surface area contributed by atoms with Crippen molar-refractivity contribution in [2.24, 2.45) is 0 Å². The second-order valence-corrected chi connectivity index (χ2v) is 5.29. The van der Waals surface area contributed by atoms with Crippen LogP contribution < -0.4 is 5.32 Å². The van der Waals surface area contributed by atoms with Crippen molar-refractivity contribution in [1.82, 2.24) is 5.32 Å². The lowest BCUT2D eigenvalue weighted by molar-refractivity contribution is 0.674. The molecule has 0 saturated carbocycles. The van der Waals surface area contributed by atoms with Crippen LogP contribution >= 0.6 is 0 Å². The van der Waals surface area contributed by atoms with Crippen LogP contribution in [0.4, 0.5) is 0 Å². The Labute approximate surface area is 115 Å². The van der Waals surface area contributed by atoms with Crippen LogP contribution in [0.15, 0.2) is 71.5 Å². The Kier molecular flexibility index (Phi) is 3.83. The third kappa shape index (κ3) is 3.17. The zero-order valence-corrected chi connectivity index (χ0v) is 11.3. The van der Waals surface area contributed by atoms with Gasteiger partial charge >= 0.3 is 0 Å². The van der Waals surface area contributed by atoms with Crippen molar-refractivity contribution in [2.75, 3.05) is 0 Å². The molecule has 0 aromatic rings. The lowest BCUT2D eigenvalue weighted by Gasteiger charge is -2.22. The van der Waals surface area contributed by atoms with Gasteiger partial charge < -0.3 is 5.32 Å². The lowest BCUT2D eigenvalue weighted by atomic mass is 9.93. The van der Waals surface area contributed by atoms with Gasteiger partial charge in [-0.15, -0.1) is 0 Å². The first-order chi connectivity index (χ1) is 9.42. The normalized spacial score (nSPS) is 25.7. The smallest absolute Gasteiger partial charge is 0.0487 e. The fraction of sp³-hybridized carbons (Fsp3) is 0.333. The van der Waals surface area contributed by atoms with Gasteiger partial charge in [0.25, 0.3) is 0 Å². The quantitative estimate of drug-likeness (QED) is 0.786. The molecule has 1 heteroatoms. The van der Waals surface area contributed by atoms with Crippen LogP contribution in [0.2, 0.25) is 0 Å². The first-order valence-electron chi connectivity index (χ1n) is 7.30. The molecule has 98 valence electrons. The van der Waals surface area contributed by atoms with Gasteiger partial charge in [0, 0.05) is 11.7 Å². The average Bonchev–Trinajstić information content (AvgIpc) is 2.49. The van der Waals surface area contributed by atoms with E-state index in [1.54, 1.807) is 0 Å². The van der Waals surface area contributed by atoms with Gasteiger partial charge in [0.1, 0.15) is 0 Å². The highest BCUT2D eigenvalue weighted by Crippen LogP contribution is 2.23. The number of allylic oxidation sites excluding steroid dienone is 9. The van der Waals surface area contributed by atoms with Crippen molar-refractivity contribution < 1.29 is 0 Å². The summed E-state index contributed by atoms with van der Waals surface area (Å²) in [4.78, 5) is 0. The van der Waals surface area contributed by atoms with Gasteiger partial charge in [0.2, 0.25) is 0 Å². The number of nitrogens with one attached hydrogen (secondary N) is 1. The van der Waals surface area contributed by atoms with E-state index in [2.05, 4.69) is 60.0 Å². The summed E-state index contributed by atoms with van der Waals surface area (Å²) in [7, 11) is 0. The molecule has 0 aromatic carbocycles. The van der Waals surface area contributed by atoms with Gasteiger partial charge in [-0.2, -0.15) is 0 Å². The van der Waals surface area contributed by atoms with E-state index in [1.807, 2.05) is 0 Å². The Morgan fingerprint density at radius 3 is 2.32 bits per heavy atom.